The Morgan fingerprint density at radius 3 is 2.71 bits per heavy atom. The van der Waals surface area contributed by atoms with Crippen LogP contribution in [0.15, 0.2) is 24.3 Å². The van der Waals surface area contributed by atoms with E-state index >= 15 is 0 Å². The minimum absolute atomic E-state index is 0.0619. The van der Waals surface area contributed by atoms with Gasteiger partial charge in [-0.25, -0.2) is 0 Å². The molecule has 0 amide bonds. The third-order valence-electron chi connectivity index (χ3n) is 2.46. The molecule has 0 fully saturated rings. The summed E-state index contributed by atoms with van der Waals surface area (Å²) in [6.07, 6.45) is 0. The largest absolute Gasteiger partial charge is 0.624 e. The maximum absolute atomic E-state index is 12.0. The van der Waals surface area contributed by atoms with Crippen LogP contribution in [0.4, 0.5) is 11.4 Å². The first-order valence-corrected chi connectivity index (χ1v) is 4.35. The molecule has 1 aliphatic rings. The van der Waals surface area contributed by atoms with Crippen LogP contribution < -0.4 is 9.55 Å². The van der Waals surface area contributed by atoms with Crippen LogP contribution in [0.1, 0.15) is 0 Å². The summed E-state index contributed by atoms with van der Waals surface area (Å²) in [5.41, 5.74) is 1.20. The quantitative estimate of drug-likeness (QED) is 0.522. The van der Waals surface area contributed by atoms with Crippen LogP contribution in [0.2, 0.25) is 0 Å². The number of hydrogen-bond donors (Lipinski definition) is 2. The molecule has 1 aromatic carbocycles. The molecule has 14 heavy (non-hydrogen) atoms. The third-order valence-corrected chi connectivity index (χ3v) is 2.46. The smallest absolute Gasteiger partial charge is 0.186 e. The Kier molecular flexibility index (Phi) is 2.16. The van der Waals surface area contributed by atoms with E-state index in [9.17, 15) is 5.21 Å². The summed E-state index contributed by atoms with van der Waals surface area (Å²) in [4.78, 5) is 1.54. The number of hydrogen-bond acceptors (Lipinski definition) is 4. The lowest BCUT2D eigenvalue weighted by Gasteiger charge is -2.35. The van der Waals surface area contributed by atoms with Crippen molar-refractivity contribution in [1.29, 1.82) is 0 Å². The number of benzene rings is 1. The molecule has 0 radical (unpaired) electrons. The highest BCUT2D eigenvalue weighted by molar-refractivity contribution is 5.73. The average Bonchev–Trinajstić information content (AvgIpc) is 2.54. The molecule has 76 valence electrons. The van der Waals surface area contributed by atoms with E-state index in [1.807, 2.05) is 0 Å². The van der Waals surface area contributed by atoms with E-state index in [2.05, 4.69) is 0 Å². The van der Waals surface area contributed by atoms with Gasteiger partial charge in [-0.3, -0.25) is 9.55 Å². The van der Waals surface area contributed by atoms with Gasteiger partial charge in [0, 0.05) is 6.07 Å². The molecule has 1 aromatic rings. The molecule has 5 heteroatoms. The molecule has 0 saturated carbocycles. The lowest BCUT2D eigenvalue weighted by atomic mass is 10.2. The number of fused-ring (bicyclic) bond motifs is 1. The maximum atomic E-state index is 12.0. The van der Waals surface area contributed by atoms with E-state index in [0.717, 1.165) is 0 Å². The van der Waals surface area contributed by atoms with E-state index in [-0.39, 0.29) is 13.4 Å². The number of anilines is 1. The van der Waals surface area contributed by atoms with Crippen LogP contribution in [0.3, 0.4) is 0 Å². The number of hydroxylamine groups is 2. The molecular weight excluding hydrogens is 184 g/mol. The SMILES string of the molecule is [O-][N+]1(CO)CN(CO)c2ccccc21. The molecule has 0 bridgehead atoms. The highest BCUT2D eigenvalue weighted by Crippen LogP contribution is 2.39. The number of para-hydroxylation sites is 2. The van der Waals surface area contributed by atoms with Crippen molar-refractivity contribution in [3.05, 3.63) is 29.5 Å². The van der Waals surface area contributed by atoms with E-state index in [0.29, 0.717) is 11.4 Å². The zero-order valence-corrected chi connectivity index (χ0v) is 7.63. The maximum Gasteiger partial charge on any atom is 0.186 e. The van der Waals surface area contributed by atoms with Gasteiger partial charge < -0.3 is 15.4 Å². The first-order valence-electron chi connectivity index (χ1n) is 4.35. The molecule has 2 rings (SSSR count). The Bertz CT molecular complexity index is 345. The Balaban J connectivity index is 2.48. The van der Waals surface area contributed by atoms with Gasteiger partial charge >= 0.3 is 0 Å². The number of aliphatic hydroxyl groups excluding tert-OH is 2. The second kappa shape index (κ2) is 3.21. The summed E-state index contributed by atoms with van der Waals surface area (Å²) < 4.78 is -0.809. The van der Waals surface area contributed by atoms with Gasteiger partial charge in [0.25, 0.3) is 0 Å². The van der Waals surface area contributed by atoms with Crippen molar-refractivity contribution in [1.82, 2.24) is 4.65 Å². The van der Waals surface area contributed by atoms with Crippen molar-refractivity contribution in [2.45, 2.75) is 0 Å². The standard InChI is InChI=1S/C9H12N2O3/c12-6-10-5-11(14,7-13)9-4-2-1-3-8(9)10/h1-4,12-13H,5-7H2. The summed E-state index contributed by atoms with van der Waals surface area (Å²) in [6.45, 7) is -0.654. The predicted octanol–water partition coefficient (Wildman–Crippen LogP) is 0.169. The first kappa shape index (κ1) is 9.42. The highest BCUT2D eigenvalue weighted by atomic mass is 16.6. The lowest BCUT2D eigenvalue weighted by molar-refractivity contribution is 0.155. The molecule has 1 aliphatic heterocycles. The van der Waals surface area contributed by atoms with Crippen LogP contribution >= 0.6 is 0 Å². The molecular formula is C9H12N2O3. The molecule has 1 atom stereocenters. The second-order valence-electron chi connectivity index (χ2n) is 3.34. The Morgan fingerprint density at radius 1 is 1.36 bits per heavy atom. The lowest BCUT2D eigenvalue weighted by Crippen LogP contribution is -2.46. The topological polar surface area (TPSA) is 66.8 Å². The van der Waals surface area contributed by atoms with Crippen LogP contribution in [0.25, 0.3) is 0 Å². The van der Waals surface area contributed by atoms with E-state index in [1.54, 1.807) is 29.2 Å². The average molecular weight is 196 g/mol. The zero-order valence-electron chi connectivity index (χ0n) is 7.63. The molecule has 0 aromatic heterocycles. The fraction of sp³-hybridized carbons (Fsp3) is 0.333. The Morgan fingerprint density at radius 2 is 2.07 bits per heavy atom. The normalized spacial score (nSPS) is 25.2. The van der Waals surface area contributed by atoms with E-state index in [1.165, 1.54) is 0 Å². The summed E-state index contributed by atoms with van der Waals surface area (Å²) >= 11 is 0. The second-order valence-corrected chi connectivity index (χ2v) is 3.34. The van der Waals surface area contributed by atoms with Crippen molar-refractivity contribution in [2.24, 2.45) is 0 Å². The van der Waals surface area contributed by atoms with Crippen LogP contribution in [0.5, 0.6) is 0 Å². The predicted molar refractivity (Wildman–Crippen MR) is 53.1 cm³/mol. The van der Waals surface area contributed by atoms with Gasteiger partial charge in [0.1, 0.15) is 12.4 Å². The number of aliphatic hydroxyl groups is 2. The zero-order chi connectivity index (χ0) is 10.2. The van der Waals surface area contributed by atoms with Crippen molar-refractivity contribution >= 4 is 11.4 Å². The van der Waals surface area contributed by atoms with Gasteiger partial charge in [-0.1, -0.05) is 12.1 Å². The van der Waals surface area contributed by atoms with Crippen molar-refractivity contribution in [2.75, 3.05) is 25.0 Å². The molecule has 5 nitrogen and oxygen atoms in total. The number of nitrogens with zero attached hydrogens (tertiary/aromatic N) is 2. The minimum Gasteiger partial charge on any atom is -0.624 e. The van der Waals surface area contributed by atoms with Gasteiger partial charge in [0.05, 0.1) is 0 Å². The van der Waals surface area contributed by atoms with Gasteiger partial charge in [-0.15, -0.1) is 0 Å². The van der Waals surface area contributed by atoms with Crippen molar-refractivity contribution in [3.63, 3.8) is 0 Å². The Hall–Kier alpha value is -1.14. The van der Waals surface area contributed by atoms with Gasteiger partial charge in [-0.05, 0) is 6.07 Å². The highest BCUT2D eigenvalue weighted by Gasteiger charge is 2.34. The van der Waals surface area contributed by atoms with Gasteiger partial charge in [0.15, 0.2) is 19.1 Å². The molecule has 1 unspecified atom stereocenters. The van der Waals surface area contributed by atoms with Crippen LogP contribution in [-0.4, -0.2) is 30.3 Å². The first-order chi connectivity index (χ1) is 6.71. The summed E-state index contributed by atoms with van der Waals surface area (Å²) in [5, 5.41) is 30.1. The Labute approximate surface area is 81.6 Å². The van der Waals surface area contributed by atoms with E-state index < -0.39 is 11.4 Å². The van der Waals surface area contributed by atoms with Gasteiger partial charge in [-0.2, -0.15) is 0 Å². The van der Waals surface area contributed by atoms with Crippen LogP contribution in [0, 0.1) is 5.21 Å². The van der Waals surface area contributed by atoms with Crippen molar-refractivity contribution in [3.8, 4) is 0 Å². The minimum atomic E-state index is -0.809. The molecule has 1 heterocycles. The number of quaternary nitrogens is 1. The summed E-state index contributed by atoms with van der Waals surface area (Å²) in [6, 6.07) is 6.99. The van der Waals surface area contributed by atoms with Gasteiger partial charge in [0.2, 0.25) is 0 Å². The molecule has 0 aliphatic carbocycles. The monoisotopic (exact) mass is 196 g/mol. The molecule has 0 saturated heterocycles. The molecule has 0 spiro atoms. The van der Waals surface area contributed by atoms with Crippen molar-refractivity contribution < 1.29 is 10.2 Å². The summed E-state index contributed by atoms with van der Waals surface area (Å²) in [5.74, 6) is 0. The molecule has 2 N–H and O–H groups in total. The van der Waals surface area contributed by atoms with Crippen LogP contribution in [-0.2, 0) is 0 Å². The fourth-order valence-corrected chi connectivity index (χ4v) is 1.75. The summed E-state index contributed by atoms with van der Waals surface area (Å²) in [7, 11) is 0. The van der Waals surface area contributed by atoms with E-state index in [4.69, 9.17) is 10.2 Å². The number of rotatable bonds is 2. The fourth-order valence-electron chi connectivity index (χ4n) is 1.75. The third kappa shape index (κ3) is 1.18.